The molecule has 3 heteroatoms. The largest absolute Gasteiger partial charge is 0.314 e. The van der Waals surface area contributed by atoms with E-state index in [9.17, 15) is 4.39 Å². The van der Waals surface area contributed by atoms with Crippen LogP contribution in [0.2, 0.25) is 0 Å². The Hall–Kier alpha value is -0.960. The minimum absolute atomic E-state index is 0.671. The van der Waals surface area contributed by atoms with E-state index in [0.717, 1.165) is 5.69 Å². The Balaban J connectivity index is 2.92. The Bertz CT molecular complexity index is 278. The average Bonchev–Trinajstić information content (AvgIpc) is 2.04. The maximum atomic E-state index is 13.5. The van der Waals surface area contributed by atoms with Crippen molar-refractivity contribution in [1.29, 1.82) is 0 Å². The van der Waals surface area contributed by atoms with Gasteiger partial charge in [-0.05, 0) is 38.6 Å². The van der Waals surface area contributed by atoms with Crippen LogP contribution in [-0.2, 0) is 12.2 Å². The molecule has 0 unspecified atom stereocenters. The SMILES string of the molecule is CNCc1cc(C(C)(C)F)ccn1. The van der Waals surface area contributed by atoms with Crippen LogP contribution in [-0.4, -0.2) is 12.0 Å². The van der Waals surface area contributed by atoms with Crippen molar-refractivity contribution in [2.45, 2.75) is 26.1 Å². The molecule has 0 saturated carbocycles. The molecule has 0 aliphatic heterocycles. The van der Waals surface area contributed by atoms with Crippen LogP contribution in [0.5, 0.6) is 0 Å². The highest BCUT2D eigenvalue weighted by molar-refractivity contribution is 5.21. The van der Waals surface area contributed by atoms with E-state index in [1.165, 1.54) is 0 Å². The van der Waals surface area contributed by atoms with Gasteiger partial charge in [0.25, 0.3) is 0 Å². The Labute approximate surface area is 78.2 Å². The van der Waals surface area contributed by atoms with E-state index < -0.39 is 5.67 Å². The minimum Gasteiger partial charge on any atom is -0.314 e. The van der Waals surface area contributed by atoms with E-state index in [1.807, 2.05) is 7.05 Å². The maximum absolute atomic E-state index is 13.5. The minimum atomic E-state index is -1.29. The lowest BCUT2D eigenvalue weighted by atomic mass is 10.0. The zero-order valence-electron chi connectivity index (χ0n) is 8.26. The number of nitrogens with zero attached hydrogens (tertiary/aromatic N) is 1. The van der Waals surface area contributed by atoms with E-state index in [-0.39, 0.29) is 0 Å². The predicted molar refractivity (Wildman–Crippen MR) is 51.1 cm³/mol. The van der Waals surface area contributed by atoms with Crippen LogP contribution in [0.1, 0.15) is 25.1 Å². The molecule has 1 rings (SSSR count). The summed E-state index contributed by atoms with van der Waals surface area (Å²) in [5, 5.41) is 2.98. The highest BCUT2D eigenvalue weighted by Gasteiger charge is 2.18. The number of nitrogens with one attached hydrogen (secondary N) is 1. The standard InChI is InChI=1S/C10H15FN2/c1-10(2,11)8-4-5-13-9(6-8)7-12-3/h4-6,12H,7H2,1-3H3. The van der Waals surface area contributed by atoms with Crippen molar-refractivity contribution in [3.05, 3.63) is 29.6 Å². The molecule has 0 atom stereocenters. The summed E-state index contributed by atoms with van der Waals surface area (Å²) in [6.45, 7) is 3.76. The van der Waals surface area contributed by atoms with E-state index in [0.29, 0.717) is 12.1 Å². The van der Waals surface area contributed by atoms with Crippen molar-refractivity contribution in [3.63, 3.8) is 0 Å². The second-order valence-electron chi connectivity index (χ2n) is 3.54. The van der Waals surface area contributed by atoms with Crippen LogP contribution >= 0.6 is 0 Å². The number of aromatic nitrogens is 1. The molecule has 0 radical (unpaired) electrons. The number of hydrogen-bond donors (Lipinski definition) is 1. The van der Waals surface area contributed by atoms with Crippen molar-refractivity contribution in [2.24, 2.45) is 0 Å². The molecule has 1 aromatic rings. The number of rotatable bonds is 3. The van der Waals surface area contributed by atoms with Gasteiger partial charge < -0.3 is 5.32 Å². The summed E-state index contributed by atoms with van der Waals surface area (Å²) in [7, 11) is 1.84. The van der Waals surface area contributed by atoms with Gasteiger partial charge in [-0.15, -0.1) is 0 Å². The molecule has 0 saturated heterocycles. The molecule has 0 aromatic carbocycles. The van der Waals surface area contributed by atoms with Gasteiger partial charge in [-0.3, -0.25) is 4.98 Å². The van der Waals surface area contributed by atoms with Crippen LogP contribution in [0, 0.1) is 0 Å². The average molecular weight is 182 g/mol. The molecule has 1 N–H and O–H groups in total. The quantitative estimate of drug-likeness (QED) is 0.773. The van der Waals surface area contributed by atoms with Crippen molar-refractivity contribution in [2.75, 3.05) is 7.05 Å². The monoisotopic (exact) mass is 182 g/mol. The second kappa shape index (κ2) is 3.83. The van der Waals surface area contributed by atoms with Crippen LogP contribution in [0.15, 0.2) is 18.3 Å². The van der Waals surface area contributed by atoms with Gasteiger partial charge in [-0.2, -0.15) is 0 Å². The molecule has 1 heterocycles. The third kappa shape index (κ3) is 2.77. The molecule has 0 fully saturated rings. The first-order valence-corrected chi connectivity index (χ1v) is 4.33. The molecule has 2 nitrogen and oxygen atoms in total. The van der Waals surface area contributed by atoms with Gasteiger partial charge >= 0.3 is 0 Å². The first-order valence-electron chi connectivity index (χ1n) is 4.33. The highest BCUT2D eigenvalue weighted by Crippen LogP contribution is 2.24. The van der Waals surface area contributed by atoms with Crippen molar-refractivity contribution >= 4 is 0 Å². The number of halogens is 1. The zero-order chi connectivity index (χ0) is 9.90. The molecule has 0 aliphatic rings. The fourth-order valence-corrected chi connectivity index (χ4v) is 1.13. The first-order chi connectivity index (χ1) is 6.04. The van der Waals surface area contributed by atoms with Crippen LogP contribution < -0.4 is 5.32 Å². The second-order valence-corrected chi connectivity index (χ2v) is 3.54. The lowest BCUT2D eigenvalue weighted by Gasteiger charge is -2.14. The van der Waals surface area contributed by atoms with Crippen LogP contribution in [0.4, 0.5) is 4.39 Å². The molecular weight excluding hydrogens is 167 g/mol. The van der Waals surface area contributed by atoms with E-state index in [2.05, 4.69) is 10.3 Å². The van der Waals surface area contributed by atoms with E-state index >= 15 is 0 Å². The summed E-state index contributed by atoms with van der Waals surface area (Å²) in [5.74, 6) is 0. The fraction of sp³-hybridized carbons (Fsp3) is 0.500. The zero-order valence-corrected chi connectivity index (χ0v) is 8.26. The Morgan fingerprint density at radius 3 is 2.77 bits per heavy atom. The lowest BCUT2D eigenvalue weighted by Crippen LogP contribution is -2.12. The van der Waals surface area contributed by atoms with Gasteiger partial charge in [0.05, 0.1) is 5.69 Å². The molecule has 72 valence electrons. The number of alkyl halides is 1. The summed E-state index contributed by atoms with van der Waals surface area (Å²) in [6, 6.07) is 3.50. The highest BCUT2D eigenvalue weighted by atomic mass is 19.1. The van der Waals surface area contributed by atoms with Crippen LogP contribution in [0.3, 0.4) is 0 Å². The summed E-state index contributed by atoms with van der Waals surface area (Å²) in [5.41, 5.74) is 0.254. The smallest absolute Gasteiger partial charge is 0.130 e. The first kappa shape index (κ1) is 10.1. The topological polar surface area (TPSA) is 24.9 Å². The number of hydrogen-bond acceptors (Lipinski definition) is 2. The third-order valence-corrected chi connectivity index (χ3v) is 1.86. The van der Waals surface area contributed by atoms with Gasteiger partial charge in [0.15, 0.2) is 0 Å². The van der Waals surface area contributed by atoms with Gasteiger partial charge in [0, 0.05) is 12.7 Å². The van der Waals surface area contributed by atoms with Crippen molar-refractivity contribution in [1.82, 2.24) is 10.3 Å². The summed E-state index contributed by atoms with van der Waals surface area (Å²) < 4.78 is 13.5. The van der Waals surface area contributed by atoms with Gasteiger partial charge in [-0.1, -0.05) is 0 Å². The Morgan fingerprint density at radius 2 is 2.23 bits per heavy atom. The van der Waals surface area contributed by atoms with Gasteiger partial charge in [0.1, 0.15) is 5.67 Å². The van der Waals surface area contributed by atoms with Gasteiger partial charge in [-0.25, -0.2) is 4.39 Å². The molecule has 0 aliphatic carbocycles. The molecule has 0 amide bonds. The normalized spacial score (nSPS) is 11.7. The molecule has 1 aromatic heterocycles. The fourth-order valence-electron chi connectivity index (χ4n) is 1.13. The summed E-state index contributed by atoms with van der Waals surface area (Å²) in [4.78, 5) is 4.11. The van der Waals surface area contributed by atoms with E-state index in [4.69, 9.17) is 0 Å². The number of pyridine rings is 1. The van der Waals surface area contributed by atoms with Crippen molar-refractivity contribution in [3.8, 4) is 0 Å². The molecule has 0 bridgehead atoms. The molecule has 13 heavy (non-hydrogen) atoms. The molecular formula is C10H15FN2. The lowest BCUT2D eigenvalue weighted by molar-refractivity contribution is 0.221. The van der Waals surface area contributed by atoms with Crippen molar-refractivity contribution < 1.29 is 4.39 Å². The van der Waals surface area contributed by atoms with Gasteiger partial charge in [0.2, 0.25) is 0 Å². The predicted octanol–water partition coefficient (Wildman–Crippen LogP) is 2.01. The summed E-state index contributed by atoms with van der Waals surface area (Å²) in [6.07, 6.45) is 1.64. The molecule has 0 spiro atoms. The Kier molecular flexibility index (Phi) is 2.98. The Morgan fingerprint density at radius 1 is 1.54 bits per heavy atom. The maximum Gasteiger partial charge on any atom is 0.130 e. The van der Waals surface area contributed by atoms with Crippen LogP contribution in [0.25, 0.3) is 0 Å². The summed E-state index contributed by atoms with van der Waals surface area (Å²) >= 11 is 0. The third-order valence-electron chi connectivity index (χ3n) is 1.86. The van der Waals surface area contributed by atoms with E-state index in [1.54, 1.807) is 32.2 Å².